The van der Waals surface area contributed by atoms with Crippen molar-refractivity contribution in [3.63, 3.8) is 0 Å². The Bertz CT molecular complexity index is 794. The van der Waals surface area contributed by atoms with Crippen LogP contribution in [0.25, 0.3) is 0 Å². The lowest BCUT2D eigenvalue weighted by molar-refractivity contribution is -0.134. The van der Waals surface area contributed by atoms with Crippen molar-refractivity contribution in [2.75, 3.05) is 91.3 Å². The van der Waals surface area contributed by atoms with Gasteiger partial charge in [0.05, 0.1) is 52.7 Å². The van der Waals surface area contributed by atoms with E-state index >= 15 is 0 Å². The molecule has 3 aliphatic heterocycles. The molecule has 1 N–H and O–H groups in total. The molecular weight excluding hydrogens is 558 g/mol. The predicted molar refractivity (Wildman–Crippen MR) is 165 cm³/mol. The number of thioether (sulfide) groups is 1. The van der Waals surface area contributed by atoms with Gasteiger partial charge in [-0.25, -0.2) is 0 Å². The zero-order valence-corrected chi connectivity index (χ0v) is 26.8. The van der Waals surface area contributed by atoms with E-state index in [1.165, 1.54) is 0 Å². The number of unbranched alkanes of at least 4 members (excludes halogenated alkanes) is 1. The minimum absolute atomic E-state index is 0.173. The van der Waals surface area contributed by atoms with Gasteiger partial charge in [-0.3, -0.25) is 19.3 Å². The van der Waals surface area contributed by atoms with Crippen LogP contribution < -0.4 is 5.32 Å². The summed E-state index contributed by atoms with van der Waals surface area (Å²) in [5, 5.41) is 3.65. The Morgan fingerprint density at radius 3 is 2.12 bits per heavy atom. The van der Waals surface area contributed by atoms with Gasteiger partial charge in [0.15, 0.2) is 0 Å². The van der Waals surface area contributed by atoms with E-state index in [2.05, 4.69) is 24.1 Å². The van der Waals surface area contributed by atoms with Gasteiger partial charge < -0.3 is 29.2 Å². The molecule has 0 aromatic rings. The summed E-state index contributed by atoms with van der Waals surface area (Å²) in [6, 6.07) is 0.354. The summed E-state index contributed by atoms with van der Waals surface area (Å²) >= 11 is 1.98. The van der Waals surface area contributed by atoms with Gasteiger partial charge in [0, 0.05) is 69.9 Å². The minimum atomic E-state index is 0.173. The Kier molecular flexibility index (Phi) is 17.3. The van der Waals surface area contributed by atoms with Crippen molar-refractivity contribution in [1.29, 1.82) is 0 Å². The zero-order valence-electron chi connectivity index (χ0n) is 26.0. The quantitative estimate of drug-likeness (QED) is 0.174. The molecule has 3 heterocycles. The van der Waals surface area contributed by atoms with Crippen molar-refractivity contribution in [2.45, 2.75) is 76.5 Å². The van der Waals surface area contributed by atoms with Crippen molar-refractivity contribution in [3.8, 4) is 0 Å². The van der Waals surface area contributed by atoms with Crippen LogP contribution >= 0.6 is 11.8 Å². The Balaban J connectivity index is 1.00. The van der Waals surface area contributed by atoms with Crippen molar-refractivity contribution in [2.24, 2.45) is 11.8 Å². The molecule has 0 aliphatic carbocycles. The van der Waals surface area contributed by atoms with E-state index in [9.17, 15) is 14.4 Å². The van der Waals surface area contributed by atoms with E-state index in [0.29, 0.717) is 107 Å². The average Bonchev–Trinajstić information content (AvgIpc) is 3.52. The first-order chi connectivity index (χ1) is 20.4. The van der Waals surface area contributed by atoms with Crippen LogP contribution in [0.5, 0.6) is 0 Å². The van der Waals surface area contributed by atoms with Gasteiger partial charge in [-0.15, -0.1) is 0 Å². The van der Waals surface area contributed by atoms with Crippen molar-refractivity contribution < 1.29 is 33.3 Å². The van der Waals surface area contributed by atoms with E-state index in [1.54, 1.807) is 0 Å². The molecule has 0 saturated carbocycles. The van der Waals surface area contributed by atoms with E-state index in [-0.39, 0.29) is 11.8 Å². The first-order valence-corrected chi connectivity index (χ1v) is 17.2. The summed E-state index contributed by atoms with van der Waals surface area (Å²) in [5.74, 6) is 2.94. The maximum absolute atomic E-state index is 12.3. The summed E-state index contributed by atoms with van der Waals surface area (Å²) in [5.41, 5.74) is 0. The monoisotopic (exact) mass is 613 g/mol. The number of piperazine rings is 1. The lowest BCUT2D eigenvalue weighted by atomic mass is 9.97. The molecule has 3 atom stereocenters. The number of hydrogen-bond donors (Lipinski definition) is 1. The maximum atomic E-state index is 12.3. The van der Waals surface area contributed by atoms with Crippen molar-refractivity contribution >= 4 is 29.4 Å². The second kappa shape index (κ2) is 20.7. The van der Waals surface area contributed by atoms with Crippen LogP contribution in [0.4, 0.5) is 0 Å². The van der Waals surface area contributed by atoms with E-state index in [0.717, 1.165) is 64.2 Å². The average molecular weight is 614 g/mol. The van der Waals surface area contributed by atoms with Crippen LogP contribution in [0, 0.1) is 11.8 Å². The topological polar surface area (TPSA) is 107 Å². The molecule has 0 aromatic carbocycles. The smallest absolute Gasteiger partial charge is 0.224 e. The van der Waals surface area contributed by atoms with Gasteiger partial charge in [0.25, 0.3) is 0 Å². The molecule has 11 heteroatoms. The number of carbonyl (C=O) groups excluding carboxylic acids is 3. The number of Topliss-reactive ketones (excluding diaryl/α,β-unsaturated/α-hetero) is 1. The van der Waals surface area contributed by atoms with Gasteiger partial charge in [-0.2, -0.15) is 11.8 Å². The number of rotatable bonds is 23. The summed E-state index contributed by atoms with van der Waals surface area (Å²) < 4.78 is 22.2. The zero-order chi connectivity index (χ0) is 30.0. The summed E-state index contributed by atoms with van der Waals surface area (Å²) in [7, 11) is 0. The molecule has 3 saturated heterocycles. The normalized spacial score (nSPS) is 22.6. The van der Waals surface area contributed by atoms with Crippen LogP contribution in [0.15, 0.2) is 0 Å². The number of hydrogen-bond acceptors (Lipinski definition) is 9. The van der Waals surface area contributed by atoms with Crippen LogP contribution in [0.1, 0.15) is 65.2 Å². The molecule has 0 spiro atoms. The predicted octanol–water partition coefficient (Wildman–Crippen LogP) is 2.77. The van der Waals surface area contributed by atoms with Crippen molar-refractivity contribution in [1.82, 2.24) is 15.1 Å². The van der Waals surface area contributed by atoms with Crippen molar-refractivity contribution in [3.05, 3.63) is 0 Å². The first kappa shape index (κ1) is 35.2. The number of ether oxygens (including phenoxy) is 4. The molecule has 3 aliphatic rings. The molecule has 0 radical (unpaired) electrons. The van der Waals surface area contributed by atoms with Crippen LogP contribution in [0.2, 0.25) is 0 Å². The molecule has 3 fully saturated rings. The van der Waals surface area contributed by atoms with Gasteiger partial charge >= 0.3 is 0 Å². The first-order valence-electron chi connectivity index (χ1n) is 16.2. The van der Waals surface area contributed by atoms with E-state index in [4.69, 9.17) is 18.9 Å². The molecule has 2 unspecified atom stereocenters. The van der Waals surface area contributed by atoms with Gasteiger partial charge in [-0.1, -0.05) is 20.3 Å². The summed E-state index contributed by atoms with van der Waals surface area (Å²) in [6.45, 7) is 13.0. The Labute approximate surface area is 257 Å². The number of nitrogens with one attached hydrogen (secondary N) is 1. The highest BCUT2D eigenvalue weighted by Crippen LogP contribution is 2.39. The third-order valence-corrected chi connectivity index (χ3v) is 9.65. The van der Waals surface area contributed by atoms with Gasteiger partial charge in [0.1, 0.15) is 5.78 Å². The highest BCUT2D eigenvalue weighted by atomic mass is 32.2. The number of fused-ring (bicyclic) bond motifs is 1. The molecule has 42 heavy (non-hydrogen) atoms. The summed E-state index contributed by atoms with van der Waals surface area (Å²) in [4.78, 5) is 40.4. The van der Waals surface area contributed by atoms with Crippen LogP contribution in [-0.4, -0.2) is 130 Å². The number of ketones is 1. The Morgan fingerprint density at radius 2 is 1.45 bits per heavy atom. The van der Waals surface area contributed by atoms with Gasteiger partial charge in [0.2, 0.25) is 11.8 Å². The SMILES string of the molecule is CC(C)CN1CCN(C(=O)CCOCCOCCOCCOCCCC(=O)CCCC[C@@H]2SCC3CC(=O)NC32)CC1. The lowest BCUT2D eigenvalue weighted by Crippen LogP contribution is -2.49. The number of carbonyl (C=O) groups is 3. The highest BCUT2D eigenvalue weighted by molar-refractivity contribution is 8.00. The fourth-order valence-electron chi connectivity index (χ4n) is 5.84. The Morgan fingerprint density at radius 1 is 0.833 bits per heavy atom. The molecule has 2 amide bonds. The highest BCUT2D eigenvalue weighted by Gasteiger charge is 2.42. The second-order valence-electron chi connectivity index (χ2n) is 12.1. The Hall–Kier alpha value is -1.24. The second-order valence-corrected chi connectivity index (χ2v) is 13.4. The van der Waals surface area contributed by atoms with E-state index < -0.39 is 0 Å². The molecule has 0 bridgehead atoms. The molecule has 10 nitrogen and oxygen atoms in total. The third-order valence-electron chi connectivity index (χ3n) is 8.07. The molecule has 242 valence electrons. The molecular formula is C31H55N3O7S. The maximum Gasteiger partial charge on any atom is 0.224 e. The van der Waals surface area contributed by atoms with Crippen LogP contribution in [-0.2, 0) is 33.3 Å². The molecule has 0 aromatic heterocycles. The number of amides is 2. The fraction of sp³-hybridized carbons (Fsp3) is 0.903. The minimum Gasteiger partial charge on any atom is -0.379 e. The van der Waals surface area contributed by atoms with Gasteiger partial charge in [-0.05, 0) is 36.9 Å². The molecule has 3 rings (SSSR count). The third kappa shape index (κ3) is 14.0. The lowest BCUT2D eigenvalue weighted by Gasteiger charge is -2.35. The van der Waals surface area contributed by atoms with Crippen LogP contribution in [0.3, 0.4) is 0 Å². The largest absolute Gasteiger partial charge is 0.379 e. The van der Waals surface area contributed by atoms with E-state index in [1.807, 2.05) is 16.7 Å². The summed E-state index contributed by atoms with van der Waals surface area (Å²) in [6.07, 6.45) is 6.13. The fourth-order valence-corrected chi connectivity index (χ4v) is 7.49. The number of nitrogens with zero attached hydrogens (tertiary/aromatic N) is 2. The standard InChI is InChI=1S/C31H55N3O7S/c1-25(2)23-33-10-12-34(13-11-33)30(37)9-15-39-17-19-41-21-20-40-18-16-38-14-5-7-27(35)6-3-4-8-28-31-26(24-42-28)22-29(36)32-31/h25-26,28,31H,3-24H2,1-2H3,(H,32,36)/t26?,28-,31?/m0/s1.